The molecule has 1 aromatic carbocycles. The molecule has 20 heavy (non-hydrogen) atoms. The van der Waals surface area contributed by atoms with E-state index in [1.165, 1.54) is 12.1 Å². The van der Waals surface area contributed by atoms with Crippen molar-refractivity contribution in [3.63, 3.8) is 0 Å². The van der Waals surface area contributed by atoms with Gasteiger partial charge >= 0.3 is 5.97 Å². The van der Waals surface area contributed by atoms with Crippen molar-refractivity contribution in [2.24, 2.45) is 5.14 Å². The number of fused-ring (bicyclic) bond motifs is 1. The minimum Gasteiger partial charge on any atom is -0.478 e. The zero-order valence-electron chi connectivity index (χ0n) is 10.9. The molecule has 0 aliphatic carbocycles. The summed E-state index contributed by atoms with van der Waals surface area (Å²) in [6.07, 6.45) is 0.613. The Bertz CT molecular complexity index is 764. The van der Waals surface area contributed by atoms with Crippen molar-refractivity contribution >= 4 is 27.0 Å². The number of carboxylic acid groups (broad SMARTS) is 1. The Labute approximate surface area is 116 Å². The first-order valence-electron chi connectivity index (χ1n) is 6.04. The van der Waals surface area contributed by atoms with Crippen LogP contribution in [0, 0.1) is 0 Å². The smallest absolute Gasteiger partial charge is 0.335 e. The number of benzene rings is 1. The van der Waals surface area contributed by atoms with Gasteiger partial charge in [-0.15, -0.1) is 0 Å². The summed E-state index contributed by atoms with van der Waals surface area (Å²) in [5.41, 5.74) is 1.38. The van der Waals surface area contributed by atoms with E-state index in [0.29, 0.717) is 23.3 Å². The number of sulfonamides is 1. The maximum Gasteiger partial charge on any atom is 0.335 e. The number of aromatic carboxylic acids is 1. The largest absolute Gasteiger partial charge is 0.478 e. The highest BCUT2D eigenvalue weighted by atomic mass is 32.2. The van der Waals surface area contributed by atoms with Crippen molar-refractivity contribution in [3.05, 3.63) is 29.6 Å². The van der Waals surface area contributed by atoms with Crippen LogP contribution < -0.4 is 5.14 Å². The average Bonchev–Trinajstić information content (AvgIpc) is 2.72. The molecule has 2 aromatic rings. The molecule has 108 valence electrons. The second-order valence-electron chi connectivity index (χ2n) is 4.41. The Hall–Kier alpha value is -1.93. The molecule has 0 aliphatic rings. The van der Waals surface area contributed by atoms with E-state index in [1.807, 2.05) is 6.92 Å². The van der Waals surface area contributed by atoms with Gasteiger partial charge in [-0.25, -0.2) is 23.3 Å². The summed E-state index contributed by atoms with van der Waals surface area (Å²) in [5, 5.41) is 14.0. The lowest BCUT2D eigenvalue weighted by Gasteiger charge is -2.07. The number of primary sulfonamides is 1. The van der Waals surface area contributed by atoms with Crippen molar-refractivity contribution in [3.8, 4) is 0 Å². The summed E-state index contributed by atoms with van der Waals surface area (Å²) >= 11 is 0. The van der Waals surface area contributed by atoms with Crippen molar-refractivity contribution in [2.45, 2.75) is 19.9 Å². The second-order valence-corrected chi connectivity index (χ2v) is 6.14. The Balaban J connectivity index is 2.53. The van der Waals surface area contributed by atoms with Crippen LogP contribution in [-0.2, 0) is 23.0 Å². The number of rotatable bonds is 5. The third-order valence-corrected chi connectivity index (χ3v) is 3.74. The predicted molar refractivity (Wildman–Crippen MR) is 74.0 cm³/mol. The zero-order chi connectivity index (χ0) is 14.9. The molecule has 2 rings (SSSR count). The first-order valence-corrected chi connectivity index (χ1v) is 7.76. The van der Waals surface area contributed by atoms with Gasteiger partial charge in [0.25, 0.3) is 0 Å². The average molecular weight is 297 g/mol. The van der Waals surface area contributed by atoms with E-state index in [-0.39, 0.29) is 17.9 Å². The molecule has 0 unspecified atom stereocenters. The third kappa shape index (κ3) is 2.97. The molecule has 0 bridgehead atoms. The lowest BCUT2D eigenvalue weighted by molar-refractivity contribution is 0.0697. The van der Waals surface area contributed by atoms with Gasteiger partial charge in [-0.3, -0.25) is 0 Å². The van der Waals surface area contributed by atoms with Crippen LogP contribution >= 0.6 is 0 Å². The summed E-state index contributed by atoms with van der Waals surface area (Å²) < 4.78 is 23.9. The lowest BCUT2D eigenvalue weighted by atomic mass is 10.2. The SMILES string of the molecule is CCc1nc2ccc(C(=O)O)cc2n1CCS(N)(=O)=O. The van der Waals surface area contributed by atoms with E-state index in [0.717, 1.165) is 0 Å². The summed E-state index contributed by atoms with van der Waals surface area (Å²) in [6.45, 7) is 2.05. The van der Waals surface area contributed by atoms with E-state index in [1.54, 1.807) is 10.6 Å². The van der Waals surface area contributed by atoms with Crippen LogP contribution in [-0.4, -0.2) is 34.8 Å². The summed E-state index contributed by atoms with van der Waals surface area (Å²) in [4.78, 5) is 15.4. The number of hydrogen-bond donors (Lipinski definition) is 2. The predicted octanol–water partition coefficient (Wildman–Crippen LogP) is 0.585. The van der Waals surface area contributed by atoms with E-state index in [9.17, 15) is 13.2 Å². The molecule has 0 aliphatic heterocycles. The lowest BCUT2D eigenvalue weighted by Crippen LogP contribution is -2.21. The number of nitrogens with zero attached hydrogens (tertiary/aromatic N) is 2. The molecule has 0 radical (unpaired) electrons. The van der Waals surface area contributed by atoms with Crippen LogP contribution in [0.4, 0.5) is 0 Å². The highest BCUT2D eigenvalue weighted by Crippen LogP contribution is 2.19. The fourth-order valence-corrected chi connectivity index (χ4v) is 2.48. The maximum absolute atomic E-state index is 11.1. The normalized spacial score (nSPS) is 11.9. The van der Waals surface area contributed by atoms with Crippen LogP contribution in [0.15, 0.2) is 18.2 Å². The molecular weight excluding hydrogens is 282 g/mol. The zero-order valence-corrected chi connectivity index (χ0v) is 11.7. The van der Waals surface area contributed by atoms with Crippen LogP contribution in [0.5, 0.6) is 0 Å². The minimum absolute atomic E-state index is 0.136. The number of aromatic nitrogens is 2. The van der Waals surface area contributed by atoms with E-state index < -0.39 is 16.0 Å². The van der Waals surface area contributed by atoms with Gasteiger partial charge in [0, 0.05) is 13.0 Å². The Morgan fingerprint density at radius 3 is 2.70 bits per heavy atom. The molecule has 0 saturated heterocycles. The first-order chi connectivity index (χ1) is 9.31. The Morgan fingerprint density at radius 1 is 1.45 bits per heavy atom. The molecule has 8 heteroatoms. The van der Waals surface area contributed by atoms with Crippen molar-refractivity contribution in [1.82, 2.24) is 9.55 Å². The van der Waals surface area contributed by atoms with Gasteiger partial charge in [0.1, 0.15) is 5.82 Å². The number of hydrogen-bond acceptors (Lipinski definition) is 4. The molecule has 1 heterocycles. The van der Waals surface area contributed by atoms with Gasteiger partial charge in [0.15, 0.2) is 0 Å². The number of aryl methyl sites for hydroxylation is 2. The topological polar surface area (TPSA) is 115 Å². The maximum atomic E-state index is 11.1. The van der Waals surface area contributed by atoms with Crippen LogP contribution in [0.1, 0.15) is 23.1 Å². The van der Waals surface area contributed by atoms with Crippen LogP contribution in [0.2, 0.25) is 0 Å². The molecule has 0 saturated carbocycles. The minimum atomic E-state index is -3.59. The van der Waals surface area contributed by atoms with Gasteiger partial charge in [-0.2, -0.15) is 0 Å². The number of carboxylic acids is 1. The summed E-state index contributed by atoms with van der Waals surface area (Å²) in [6, 6.07) is 4.58. The first kappa shape index (κ1) is 14.5. The summed E-state index contributed by atoms with van der Waals surface area (Å²) in [7, 11) is -3.59. The van der Waals surface area contributed by atoms with E-state index in [2.05, 4.69) is 4.98 Å². The standard InChI is InChI=1S/C12H15N3O4S/c1-2-11-14-9-4-3-8(12(16)17)7-10(9)15(11)5-6-20(13,18)19/h3-4,7H,2,5-6H2,1H3,(H,16,17)(H2,13,18,19). The van der Waals surface area contributed by atoms with E-state index in [4.69, 9.17) is 10.2 Å². The summed E-state index contributed by atoms with van der Waals surface area (Å²) in [5.74, 6) is -0.557. The molecular formula is C12H15N3O4S. The van der Waals surface area contributed by atoms with Gasteiger partial charge in [0.05, 0.1) is 22.3 Å². The van der Waals surface area contributed by atoms with Crippen LogP contribution in [0.25, 0.3) is 11.0 Å². The van der Waals surface area contributed by atoms with Crippen molar-refractivity contribution in [1.29, 1.82) is 0 Å². The van der Waals surface area contributed by atoms with Crippen molar-refractivity contribution in [2.75, 3.05) is 5.75 Å². The highest BCUT2D eigenvalue weighted by Gasteiger charge is 2.14. The highest BCUT2D eigenvalue weighted by molar-refractivity contribution is 7.89. The third-order valence-electron chi connectivity index (χ3n) is 2.99. The van der Waals surface area contributed by atoms with Crippen LogP contribution in [0.3, 0.4) is 0 Å². The fraction of sp³-hybridized carbons (Fsp3) is 0.333. The molecule has 0 atom stereocenters. The monoisotopic (exact) mass is 297 g/mol. The number of imidazole rings is 1. The van der Waals surface area contributed by atoms with Gasteiger partial charge in [-0.1, -0.05) is 6.92 Å². The Kier molecular flexibility index (Phi) is 3.78. The number of nitrogens with two attached hydrogens (primary N) is 1. The van der Waals surface area contributed by atoms with Gasteiger partial charge in [-0.05, 0) is 18.2 Å². The molecule has 3 N–H and O–H groups in total. The quantitative estimate of drug-likeness (QED) is 0.837. The van der Waals surface area contributed by atoms with Gasteiger partial charge in [0.2, 0.25) is 10.0 Å². The Morgan fingerprint density at radius 2 is 2.15 bits per heavy atom. The van der Waals surface area contributed by atoms with Gasteiger partial charge < -0.3 is 9.67 Å². The fourth-order valence-electron chi connectivity index (χ4n) is 2.04. The number of carbonyl (C=O) groups is 1. The van der Waals surface area contributed by atoms with Crippen molar-refractivity contribution < 1.29 is 18.3 Å². The molecule has 0 amide bonds. The molecule has 1 aromatic heterocycles. The molecule has 0 spiro atoms. The second kappa shape index (κ2) is 5.22. The molecule has 7 nitrogen and oxygen atoms in total. The molecule has 0 fully saturated rings. The van der Waals surface area contributed by atoms with E-state index >= 15 is 0 Å².